The summed E-state index contributed by atoms with van der Waals surface area (Å²) in [6, 6.07) is 0. The number of ketones is 1. The summed E-state index contributed by atoms with van der Waals surface area (Å²) >= 11 is 0. The predicted molar refractivity (Wildman–Crippen MR) is 61.1 cm³/mol. The molecule has 0 spiro atoms. The van der Waals surface area contributed by atoms with Gasteiger partial charge in [-0.3, -0.25) is 4.79 Å². The minimum atomic E-state index is -0.527. The monoisotopic (exact) mass is 225 g/mol. The number of Topliss-reactive ketones (excluding diaryl/α,β-unsaturated/α-hetero) is 1. The third kappa shape index (κ3) is 3.68. The Morgan fingerprint density at radius 3 is 2.69 bits per heavy atom. The van der Waals surface area contributed by atoms with Crippen LogP contribution >= 0.6 is 0 Å². The van der Waals surface area contributed by atoms with Gasteiger partial charge < -0.3 is 9.64 Å². The standard InChI is InChI=1S/C12H19NO3/c1-5-9-6-10(14)8-13(7-9)11(15)16-12(2,3)4/h5,9H,1,6-8H2,2-4H3/t9-/m1/s1. The van der Waals surface area contributed by atoms with Crippen molar-refractivity contribution in [1.29, 1.82) is 0 Å². The maximum Gasteiger partial charge on any atom is 0.410 e. The number of carbonyl (C=O) groups is 2. The Bertz CT molecular complexity index is 304. The van der Waals surface area contributed by atoms with Crippen LogP contribution in [0.3, 0.4) is 0 Å². The van der Waals surface area contributed by atoms with E-state index in [-0.39, 0.29) is 18.2 Å². The highest BCUT2D eigenvalue weighted by molar-refractivity contribution is 5.85. The maximum atomic E-state index is 11.7. The number of piperidine rings is 1. The van der Waals surface area contributed by atoms with Gasteiger partial charge in [0.25, 0.3) is 0 Å². The summed E-state index contributed by atoms with van der Waals surface area (Å²) in [6.45, 7) is 9.75. The molecule has 90 valence electrons. The van der Waals surface area contributed by atoms with Gasteiger partial charge in [0, 0.05) is 18.9 Å². The topological polar surface area (TPSA) is 46.6 Å². The third-order valence-corrected chi connectivity index (χ3v) is 2.30. The van der Waals surface area contributed by atoms with E-state index < -0.39 is 11.7 Å². The van der Waals surface area contributed by atoms with Crippen molar-refractivity contribution >= 4 is 11.9 Å². The number of nitrogens with zero attached hydrogens (tertiary/aromatic N) is 1. The van der Waals surface area contributed by atoms with Gasteiger partial charge in [0.15, 0.2) is 5.78 Å². The van der Waals surface area contributed by atoms with E-state index in [0.29, 0.717) is 13.0 Å². The van der Waals surface area contributed by atoms with Gasteiger partial charge in [-0.15, -0.1) is 6.58 Å². The fraction of sp³-hybridized carbons (Fsp3) is 0.667. The molecule has 0 aromatic heterocycles. The van der Waals surface area contributed by atoms with Crippen LogP contribution in [0, 0.1) is 5.92 Å². The van der Waals surface area contributed by atoms with E-state index in [4.69, 9.17) is 4.74 Å². The first-order chi connectivity index (χ1) is 7.31. The summed E-state index contributed by atoms with van der Waals surface area (Å²) in [6.07, 6.45) is 1.77. The van der Waals surface area contributed by atoms with Crippen molar-refractivity contribution in [3.05, 3.63) is 12.7 Å². The van der Waals surface area contributed by atoms with Crippen molar-refractivity contribution in [3.63, 3.8) is 0 Å². The average molecular weight is 225 g/mol. The summed E-state index contributed by atoms with van der Waals surface area (Å²) in [4.78, 5) is 24.6. The Labute approximate surface area is 96.3 Å². The zero-order valence-electron chi connectivity index (χ0n) is 10.2. The van der Waals surface area contributed by atoms with Gasteiger partial charge in [0.2, 0.25) is 0 Å². The second-order valence-corrected chi connectivity index (χ2v) is 5.10. The van der Waals surface area contributed by atoms with Crippen molar-refractivity contribution in [2.45, 2.75) is 32.8 Å². The number of likely N-dealkylation sites (tertiary alicyclic amines) is 1. The summed E-state index contributed by atoms with van der Waals surface area (Å²) < 4.78 is 5.22. The molecule has 0 aromatic carbocycles. The molecule has 0 aromatic rings. The zero-order valence-corrected chi connectivity index (χ0v) is 10.2. The quantitative estimate of drug-likeness (QED) is 0.641. The molecule has 1 rings (SSSR count). The molecule has 1 aliphatic heterocycles. The SMILES string of the molecule is C=C[C@@H]1CC(=O)CN(C(=O)OC(C)(C)C)C1. The summed E-state index contributed by atoms with van der Waals surface area (Å²) in [5.74, 6) is 0.107. The second kappa shape index (κ2) is 4.68. The highest BCUT2D eigenvalue weighted by atomic mass is 16.6. The molecular formula is C12H19NO3. The first-order valence-corrected chi connectivity index (χ1v) is 5.44. The van der Waals surface area contributed by atoms with E-state index in [0.717, 1.165) is 0 Å². The van der Waals surface area contributed by atoms with Gasteiger partial charge in [-0.25, -0.2) is 4.79 Å². The number of amides is 1. The van der Waals surface area contributed by atoms with Crippen LogP contribution in [0.4, 0.5) is 4.79 Å². The van der Waals surface area contributed by atoms with Crippen LogP contribution in [0.2, 0.25) is 0 Å². The molecule has 0 aliphatic carbocycles. The molecule has 0 radical (unpaired) electrons. The van der Waals surface area contributed by atoms with Crippen molar-refractivity contribution in [2.24, 2.45) is 5.92 Å². The van der Waals surface area contributed by atoms with Crippen molar-refractivity contribution in [2.75, 3.05) is 13.1 Å². The van der Waals surface area contributed by atoms with Crippen molar-refractivity contribution in [3.8, 4) is 0 Å². The highest BCUT2D eigenvalue weighted by Crippen LogP contribution is 2.17. The molecule has 1 saturated heterocycles. The van der Waals surface area contributed by atoms with Gasteiger partial charge in [-0.1, -0.05) is 6.08 Å². The van der Waals surface area contributed by atoms with Crippen LogP contribution in [0.1, 0.15) is 27.2 Å². The molecule has 16 heavy (non-hydrogen) atoms. The molecule has 1 fully saturated rings. The lowest BCUT2D eigenvalue weighted by atomic mass is 9.98. The van der Waals surface area contributed by atoms with Crippen molar-refractivity contribution in [1.82, 2.24) is 4.90 Å². The van der Waals surface area contributed by atoms with Crippen LogP contribution in [0.25, 0.3) is 0 Å². The van der Waals surface area contributed by atoms with Crippen LogP contribution in [-0.4, -0.2) is 35.5 Å². The van der Waals surface area contributed by atoms with Crippen LogP contribution < -0.4 is 0 Å². The van der Waals surface area contributed by atoms with Gasteiger partial charge >= 0.3 is 6.09 Å². The van der Waals surface area contributed by atoms with E-state index in [1.165, 1.54) is 4.90 Å². The summed E-state index contributed by atoms with van der Waals surface area (Å²) in [7, 11) is 0. The van der Waals surface area contributed by atoms with Gasteiger partial charge in [0.1, 0.15) is 5.60 Å². The molecule has 1 amide bonds. The van der Waals surface area contributed by atoms with Crippen LogP contribution in [0.15, 0.2) is 12.7 Å². The lowest BCUT2D eigenvalue weighted by molar-refractivity contribution is -0.123. The molecule has 0 unspecified atom stereocenters. The summed E-state index contributed by atoms with van der Waals surface area (Å²) in [5.41, 5.74) is -0.527. The number of hydrogen-bond donors (Lipinski definition) is 0. The average Bonchev–Trinajstić information content (AvgIpc) is 2.14. The zero-order chi connectivity index (χ0) is 12.3. The summed E-state index contributed by atoms with van der Waals surface area (Å²) in [5, 5.41) is 0. The van der Waals surface area contributed by atoms with E-state index >= 15 is 0 Å². The van der Waals surface area contributed by atoms with E-state index in [9.17, 15) is 9.59 Å². The van der Waals surface area contributed by atoms with Gasteiger partial charge in [-0.05, 0) is 20.8 Å². The Morgan fingerprint density at radius 2 is 2.19 bits per heavy atom. The van der Waals surface area contributed by atoms with E-state index in [1.54, 1.807) is 6.08 Å². The number of carbonyl (C=O) groups excluding carboxylic acids is 2. The molecule has 1 heterocycles. The number of rotatable bonds is 1. The fourth-order valence-corrected chi connectivity index (χ4v) is 1.61. The Balaban J connectivity index is 2.62. The molecule has 4 nitrogen and oxygen atoms in total. The molecular weight excluding hydrogens is 206 g/mol. The fourth-order valence-electron chi connectivity index (χ4n) is 1.61. The lowest BCUT2D eigenvalue weighted by Crippen LogP contribution is -2.46. The minimum Gasteiger partial charge on any atom is -0.444 e. The van der Waals surface area contributed by atoms with Crippen LogP contribution in [-0.2, 0) is 9.53 Å². The Hall–Kier alpha value is -1.32. The van der Waals surface area contributed by atoms with Crippen LogP contribution in [0.5, 0.6) is 0 Å². The molecule has 0 bridgehead atoms. The molecule has 0 N–H and O–H groups in total. The maximum absolute atomic E-state index is 11.7. The minimum absolute atomic E-state index is 0.0498. The normalized spacial score (nSPS) is 21.8. The predicted octanol–water partition coefficient (Wildman–Crippen LogP) is 2.00. The van der Waals surface area contributed by atoms with E-state index in [1.807, 2.05) is 20.8 Å². The first-order valence-electron chi connectivity index (χ1n) is 5.44. The largest absolute Gasteiger partial charge is 0.444 e. The second-order valence-electron chi connectivity index (χ2n) is 5.10. The number of hydrogen-bond acceptors (Lipinski definition) is 3. The highest BCUT2D eigenvalue weighted by Gasteiger charge is 2.29. The lowest BCUT2D eigenvalue weighted by Gasteiger charge is -2.32. The van der Waals surface area contributed by atoms with Crippen molar-refractivity contribution < 1.29 is 14.3 Å². The van der Waals surface area contributed by atoms with Gasteiger partial charge in [-0.2, -0.15) is 0 Å². The van der Waals surface area contributed by atoms with Gasteiger partial charge in [0.05, 0.1) is 6.54 Å². The Kier molecular flexibility index (Phi) is 3.73. The molecule has 4 heteroatoms. The smallest absolute Gasteiger partial charge is 0.410 e. The Morgan fingerprint density at radius 1 is 1.56 bits per heavy atom. The molecule has 1 atom stereocenters. The third-order valence-electron chi connectivity index (χ3n) is 2.30. The van der Waals surface area contributed by atoms with E-state index in [2.05, 4.69) is 6.58 Å². The molecule has 0 saturated carbocycles. The first kappa shape index (κ1) is 12.7. The molecule has 1 aliphatic rings. The number of ether oxygens (including phenoxy) is 1.